The largest absolute Gasteiger partial charge is 0.455 e. The van der Waals surface area contributed by atoms with Crippen LogP contribution >= 0.6 is 0 Å². The Labute approximate surface area is 134 Å². The number of aliphatic hydroxyl groups is 1. The van der Waals surface area contributed by atoms with Crippen molar-refractivity contribution in [2.24, 2.45) is 0 Å². The number of esters is 1. The smallest absolute Gasteiger partial charge is 0.310 e. The molecule has 0 saturated carbocycles. The van der Waals surface area contributed by atoms with Crippen molar-refractivity contribution in [1.29, 1.82) is 0 Å². The van der Waals surface area contributed by atoms with Crippen LogP contribution in [-0.2, 0) is 20.7 Å². The van der Waals surface area contributed by atoms with E-state index in [1.807, 2.05) is 18.2 Å². The van der Waals surface area contributed by atoms with E-state index in [-0.39, 0.29) is 18.9 Å². The molecular weight excluding hydrogens is 294 g/mol. The summed E-state index contributed by atoms with van der Waals surface area (Å²) in [4.78, 5) is 23.0. The molecule has 120 valence electrons. The highest BCUT2D eigenvalue weighted by molar-refractivity contribution is 5.88. The highest BCUT2D eigenvalue weighted by Crippen LogP contribution is 2.18. The van der Waals surface area contributed by atoms with E-state index in [2.05, 4.69) is 5.32 Å². The minimum atomic E-state index is -0.664. The van der Waals surface area contributed by atoms with Crippen molar-refractivity contribution in [3.63, 3.8) is 0 Å². The van der Waals surface area contributed by atoms with Gasteiger partial charge in [0, 0.05) is 12.6 Å². The average molecular weight is 313 g/mol. The van der Waals surface area contributed by atoms with Gasteiger partial charge in [0.25, 0.3) is 0 Å². The second-order valence-electron chi connectivity index (χ2n) is 5.13. The summed E-state index contributed by atoms with van der Waals surface area (Å²) in [7, 11) is 0. The van der Waals surface area contributed by atoms with Gasteiger partial charge >= 0.3 is 5.97 Å². The van der Waals surface area contributed by atoms with Crippen LogP contribution in [0.5, 0.6) is 0 Å². The summed E-state index contributed by atoms with van der Waals surface area (Å²) < 4.78 is 5.33. The average Bonchev–Trinajstić information content (AvgIpc) is 2.55. The van der Waals surface area contributed by atoms with E-state index in [9.17, 15) is 14.7 Å². The van der Waals surface area contributed by atoms with Crippen molar-refractivity contribution in [3.05, 3.63) is 65.7 Å². The SMILES string of the molecule is CC(=O)Nc1ccc(CC(=O)O[C@H](CO)c2ccccc2)cc1. The number of anilines is 1. The van der Waals surface area contributed by atoms with Gasteiger partial charge in [-0.05, 0) is 23.3 Å². The lowest BCUT2D eigenvalue weighted by Gasteiger charge is -2.16. The standard InChI is InChI=1S/C18H19NO4/c1-13(21)19-16-9-7-14(8-10-16)11-18(22)23-17(12-20)15-5-3-2-4-6-15/h2-10,17,20H,11-12H2,1H3,(H,19,21)/t17-/m1/s1. The van der Waals surface area contributed by atoms with Gasteiger partial charge < -0.3 is 15.2 Å². The molecule has 2 rings (SSSR count). The van der Waals surface area contributed by atoms with Gasteiger partial charge in [-0.15, -0.1) is 0 Å². The maximum Gasteiger partial charge on any atom is 0.310 e. The summed E-state index contributed by atoms with van der Waals surface area (Å²) in [5.74, 6) is -0.564. The van der Waals surface area contributed by atoms with E-state index in [1.54, 1.807) is 36.4 Å². The van der Waals surface area contributed by atoms with Crippen LogP contribution in [0.3, 0.4) is 0 Å². The van der Waals surface area contributed by atoms with Gasteiger partial charge in [0.05, 0.1) is 13.0 Å². The highest BCUT2D eigenvalue weighted by atomic mass is 16.6. The molecule has 1 atom stereocenters. The first-order valence-electron chi connectivity index (χ1n) is 7.30. The summed E-state index contributed by atoms with van der Waals surface area (Å²) >= 11 is 0. The molecule has 2 N–H and O–H groups in total. The van der Waals surface area contributed by atoms with Crippen molar-refractivity contribution in [2.45, 2.75) is 19.4 Å². The van der Waals surface area contributed by atoms with Gasteiger partial charge in [-0.1, -0.05) is 42.5 Å². The van der Waals surface area contributed by atoms with E-state index in [0.717, 1.165) is 11.1 Å². The summed E-state index contributed by atoms with van der Waals surface area (Å²) in [5, 5.41) is 12.1. The molecule has 0 saturated heterocycles. The molecule has 5 heteroatoms. The Balaban J connectivity index is 1.94. The summed E-state index contributed by atoms with van der Waals surface area (Å²) in [6.45, 7) is 1.17. The Bertz CT molecular complexity index is 652. The molecule has 0 heterocycles. The molecule has 2 aromatic rings. The molecule has 23 heavy (non-hydrogen) atoms. The number of aliphatic hydroxyl groups excluding tert-OH is 1. The van der Waals surface area contributed by atoms with Crippen LogP contribution < -0.4 is 5.32 Å². The van der Waals surface area contributed by atoms with E-state index in [0.29, 0.717) is 5.69 Å². The minimum Gasteiger partial charge on any atom is -0.455 e. The first kappa shape index (κ1) is 16.7. The van der Waals surface area contributed by atoms with Gasteiger partial charge in [0.1, 0.15) is 6.10 Å². The Morgan fingerprint density at radius 2 is 1.74 bits per heavy atom. The fourth-order valence-electron chi connectivity index (χ4n) is 2.15. The number of hydrogen-bond donors (Lipinski definition) is 2. The molecule has 0 radical (unpaired) electrons. The van der Waals surface area contributed by atoms with E-state index < -0.39 is 12.1 Å². The molecule has 1 amide bonds. The number of rotatable bonds is 6. The maximum absolute atomic E-state index is 12.0. The first-order valence-corrected chi connectivity index (χ1v) is 7.30. The lowest BCUT2D eigenvalue weighted by Crippen LogP contribution is -2.16. The fourth-order valence-corrected chi connectivity index (χ4v) is 2.15. The molecule has 0 bridgehead atoms. The lowest BCUT2D eigenvalue weighted by atomic mass is 10.1. The van der Waals surface area contributed by atoms with Gasteiger partial charge in [-0.3, -0.25) is 9.59 Å². The Kier molecular flexibility index (Phi) is 5.88. The molecule has 0 aliphatic heterocycles. The van der Waals surface area contributed by atoms with Crippen LogP contribution in [0.4, 0.5) is 5.69 Å². The Morgan fingerprint density at radius 1 is 1.09 bits per heavy atom. The topological polar surface area (TPSA) is 75.6 Å². The summed E-state index contributed by atoms with van der Waals surface area (Å²) in [6, 6.07) is 16.1. The van der Waals surface area contributed by atoms with Crippen molar-refractivity contribution in [3.8, 4) is 0 Å². The normalized spacial score (nSPS) is 11.6. The predicted molar refractivity (Wildman–Crippen MR) is 86.8 cm³/mol. The number of benzene rings is 2. The molecule has 0 aliphatic rings. The van der Waals surface area contributed by atoms with E-state index in [1.165, 1.54) is 6.92 Å². The molecule has 0 spiro atoms. The minimum absolute atomic E-state index is 0.101. The monoisotopic (exact) mass is 313 g/mol. The van der Waals surface area contributed by atoms with E-state index in [4.69, 9.17) is 4.74 Å². The molecule has 0 aliphatic carbocycles. The second kappa shape index (κ2) is 8.10. The van der Waals surface area contributed by atoms with Gasteiger partial charge in [-0.25, -0.2) is 0 Å². The third-order valence-corrected chi connectivity index (χ3v) is 3.23. The molecule has 0 aromatic heterocycles. The quantitative estimate of drug-likeness (QED) is 0.803. The summed E-state index contributed by atoms with van der Waals surface area (Å²) in [5.41, 5.74) is 2.20. The van der Waals surface area contributed by atoms with Crippen molar-refractivity contribution >= 4 is 17.6 Å². The fraction of sp³-hybridized carbons (Fsp3) is 0.222. The summed E-state index contributed by atoms with van der Waals surface area (Å²) in [6.07, 6.45) is -0.564. The highest BCUT2D eigenvalue weighted by Gasteiger charge is 2.15. The number of carbonyl (C=O) groups is 2. The molecular formula is C18H19NO4. The molecule has 0 fully saturated rings. The van der Waals surface area contributed by atoms with Crippen molar-refractivity contribution in [1.82, 2.24) is 0 Å². The van der Waals surface area contributed by atoms with Crippen LogP contribution in [0, 0.1) is 0 Å². The van der Waals surface area contributed by atoms with Gasteiger partial charge in [0.2, 0.25) is 5.91 Å². The third-order valence-electron chi connectivity index (χ3n) is 3.23. The van der Waals surface area contributed by atoms with Gasteiger partial charge in [-0.2, -0.15) is 0 Å². The number of ether oxygens (including phenoxy) is 1. The van der Waals surface area contributed by atoms with Gasteiger partial charge in [0.15, 0.2) is 0 Å². The van der Waals surface area contributed by atoms with Crippen molar-refractivity contribution in [2.75, 3.05) is 11.9 Å². The van der Waals surface area contributed by atoms with Crippen LogP contribution in [0.15, 0.2) is 54.6 Å². The Hall–Kier alpha value is -2.66. The predicted octanol–water partition coefficient (Wildman–Crippen LogP) is 2.46. The number of hydrogen-bond acceptors (Lipinski definition) is 4. The van der Waals surface area contributed by atoms with Crippen LogP contribution in [0.25, 0.3) is 0 Å². The number of nitrogens with one attached hydrogen (secondary N) is 1. The van der Waals surface area contributed by atoms with Crippen LogP contribution in [0.2, 0.25) is 0 Å². The maximum atomic E-state index is 12.0. The molecule has 5 nitrogen and oxygen atoms in total. The van der Waals surface area contributed by atoms with E-state index >= 15 is 0 Å². The van der Waals surface area contributed by atoms with Crippen LogP contribution in [-0.4, -0.2) is 23.6 Å². The zero-order valence-electron chi connectivity index (χ0n) is 12.9. The third kappa shape index (κ3) is 5.23. The molecule has 0 unspecified atom stereocenters. The second-order valence-corrected chi connectivity index (χ2v) is 5.13. The lowest BCUT2D eigenvalue weighted by molar-refractivity contribution is -0.150. The zero-order valence-corrected chi connectivity index (χ0v) is 12.9. The Morgan fingerprint density at radius 3 is 2.30 bits per heavy atom. The molecule has 2 aromatic carbocycles. The first-order chi connectivity index (χ1) is 11.1. The number of amides is 1. The van der Waals surface area contributed by atoms with Crippen LogP contribution in [0.1, 0.15) is 24.2 Å². The number of carbonyl (C=O) groups excluding carboxylic acids is 2. The zero-order chi connectivity index (χ0) is 16.7. The van der Waals surface area contributed by atoms with Crippen molar-refractivity contribution < 1.29 is 19.4 Å².